The van der Waals surface area contributed by atoms with Crippen LogP contribution in [0.3, 0.4) is 0 Å². The average molecular weight is 1140 g/mol. The summed E-state index contributed by atoms with van der Waals surface area (Å²) < 4.78 is 23.4. The van der Waals surface area contributed by atoms with Crippen molar-refractivity contribution in [1.29, 1.82) is 0 Å². The lowest BCUT2D eigenvalue weighted by Gasteiger charge is -2.44. The van der Waals surface area contributed by atoms with Crippen molar-refractivity contribution in [3.63, 3.8) is 0 Å². The third-order valence-corrected chi connectivity index (χ3v) is 13.9. The molecule has 0 heterocycles. The summed E-state index contributed by atoms with van der Waals surface area (Å²) in [5, 5.41) is 6.36. The van der Waals surface area contributed by atoms with E-state index >= 15 is 0 Å². The van der Waals surface area contributed by atoms with Crippen LogP contribution in [-0.2, 0) is 23.7 Å². The molecule has 0 bridgehead atoms. The molecular weight excluding hydrogens is 1020 g/mol. The van der Waals surface area contributed by atoms with Crippen LogP contribution in [-0.4, -0.2) is 101 Å². The predicted octanol–water partition coefficient (Wildman–Crippen LogP) is 19.1. The number of carbonyl (C=O) groups is 4. The smallest absolute Gasteiger partial charge is 0.411 e. The van der Waals surface area contributed by atoms with Crippen molar-refractivity contribution in [3.05, 3.63) is 34.7 Å². The summed E-state index contributed by atoms with van der Waals surface area (Å²) in [6.45, 7) is 23.9. The molecule has 0 fully saturated rings. The topological polar surface area (TPSA) is 198 Å². The van der Waals surface area contributed by atoms with Crippen LogP contribution in [0.2, 0.25) is 0 Å². The SMILES string of the molecule is CC(C)(C)OC(=O)NCCCN(CCCC(CCCN)(C(=O)OC(C)(C)C)N(CCCCCCCCCCCC=CCCCCCCCCCCC=CCCCCCCCCCCCN=[N+]=[N-])C(=O)OC(C)(C)C)C(=O)OC(C)(C)C. The highest BCUT2D eigenvalue weighted by Gasteiger charge is 2.49. The lowest BCUT2D eigenvalue weighted by molar-refractivity contribution is -0.171. The molecule has 0 aliphatic heterocycles. The normalized spacial score (nSPS) is 13.0. The van der Waals surface area contributed by atoms with Gasteiger partial charge in [-0.3, -0.25) is 4.90 Å². The van der Waals surface area contributed by atoms with E-state index in [9.17, 15) is 19.2 Å². The first-order chi connectivity index (χ1) is 38.4. The van der Waals surface area contributed by atoms with Crippen LogP contribution in [0.4, 0.5) is 14.4 Å². The Morgan fingerprint density at radius 3 is 1.20 bits per heavy atom. The molecule has 0 saturated heterocycles. The molecule has 81 heavy (non-hydrogen) atoms. The van der Waals surface area contributed by atoms with Gasteiger partial charge in [0.15, 0.2) is 0 Å². The first-order valence-corrected chi connectivity index (χ1v) is 32.6. The Labute approximate surface area is 496 Å². The Kier molecular flexibility index (Phi) is 44.1. The number of ether oxygens (including phenoxy) is 4. The van der Waals surface area contributed by atoms with Crippen LogP contribution in [0.5, 0.6) is 0 Å². The van der Waals surface area contributed by atoms with Crippen LogP contribution in [0, 0.1) is 0 Å². The van der Waals surface area contributed by atoms with E-state index in [1.165, 1.54) is 161 Å². The van der Waals surface area contributed by atoms with Crippen LogP contribution >= 0.6 is 0 Å². The summed E-state index contributed by atoms with van der Waals surface area (Å²) in [7, 11) is 0. The average Bonchev–Trinajstić information content (AvgIpc) is 3.36. The van der Waals surface area contributed by atoms with Crippen LogP contribution in [0.25, 0.3) is 10.4 Å². The summed E-state index contributed by atoms with van der Waals surface area (Å²) >= 11 is 0. The predicted molar refractivity (Wildman–Crippen MR) is 337 cm³/mol. The van der Waals surface area contributed by atoms with Crippen LogP contribution < -0.4 is 11.1 Å². The zero-order chi connectivity index (χ0) is 60.7. The third-order valence-electron chi connectivity index (χ3n) is 13.9. The van der Waals surface area contributed by atoms with E-state index in [1.54, 1.807) is 30.6 Å². The van der Waals surface area contributed by atoms with Gasteiger partial charge in [0, 0.05) is 37.6 Å². The Bertz CT molecular complexity index is 1720. The van der Waals surface area contributed by atoms with Gasteiger partial charge in [0.05, 0.1) is 0 Å². The highest BCUT2D eigenvalue weighted by molar-refractivity contribution is 5.86. The second-order valence-electron chi connectivity index (χ2n) is 26.7. The maximum atomic E-state index is 14.7. The number of allylic oxidation sites excluding steroid dienone is 4. The fourth-order valence-electron chi connectivity index (χ4n) is 9.78. The third kappa shape index (κ3) is 47.1. The summed E-state index contributed by atoms with van der Waals surface area (Å²) in [5.74, 6) is -0.508. The second-order valence-corrected chi connectivity index (χ2v) is 26.7. The molecule has 15 nitrogen and oxygen atoms in total. The van der Waals surface area contributed by atoms with E-state index in [4.69, 9.17) is 30.2 Å². The zero-order valence-corrected chi connectivity index (χ0v) is 54.4. The van der Waals surface area contributed by atoms with E-state index in [1.807, 2.05) is 62.3 Å². The fourth-order valence-corrected chi connectivity index (χ4v) is 9.78. The number of rotatable bonds is 48. The number of unbranched alkanes of at least 4 members (excludes halogenated alkanes) is 27. The summed E-state index contributed by atoms with van der Waals surface area (Å²) in [4.78, 5) is 61.0. The quantitative estimate of drug-likeness (QED) is 0.0113. The minimum atomic E-state index is -1.40. The Hall–Kier alpha value is -3.97. The lowest BCUT2D eigenvalue weighted by atomic mass is 9.85. The Morgan fingerprint density at radius 1 is 0.444 bits per heavy atom. The number of nitrogens with one attached hydrogen (secondary N) is 1. The maximum Gasteiger partial charge on any atom is 0.411 e. The standard InChI is InChI=1S/C66H125N7O8/c1-62(2,3)78-58(74)66(50-47-52-67,51-48-55-72(60(76)80-64(7,8)9)56-49-53-69-59(75)79-63(4,5)6)73(61(77)81-65(10,11)12)57-46-44-42-40-38-36-34-32-30-28-26-24-22-20-18-16-14-13-15-17-19-21-23-25-27-29-31-33-35-37-39-41-43-45-54-70-71-68/h23-26H,13-22,27-57,67H2,1-12H3,(H,69,75). The molecule has 0 aromatic rings. The summed E-state index contributed by atoms with van der Waals surface area (Å²) in [5.41, 5.74) is 10.0. The van der Waals surface area contributed by atoms with Crippen molar-refractivity contribution in [3.8, 4) is 0 Å². The molecule has 15 heteroatoms. The highest BCUT2D eigenvalue weighted by atomic mass is 16.6. The van der Waals surface area contributed by atoms with Gasteiger partial charge in [-0.15, -0.1) is 0 Å². The van der Waals surface area contributed by atoms with Crippen molar-refractivity contribution < 1.29 is 38.1 Å². The number of nitrogens with zero attached hydrogens (tertiary/aromatic N) is 5. The number of nitrogens with two attached hydrogens (primary N) is 1. The number of carbonyl (C=O) groups excluding carboxylic acids is 4. The molecule has 1 atom stereocenters. The van der Waals surface area contributed by atoms with Gasteiger partial charge in [-0.2, -0.15) is 0 Å². The van der Waals surface area contributed by atoms with Gasteiger partial charge in [0.1, 0.15) is 27.9 Å². The molecule has 1 unspecified atom stereocenters. The van der Waals surface area contributed by atoms with Gasteiger partial charge < -0.3 is 34.9 Å². The molecule has 0 spiro atoms. The molecule has 0 aromatic heterocycles. The van der Waals surface area contributed by atoms with Gasteiger partial charge in [-0.05, 0) is 191 Å². The molecule has 3 amide bonds. The first kappa shape index (κ1) is 77.0. The minimum absolute atomic E-state index is 0.209. The van der Waals surface area contributed by atoms with Crippen molar-refractivity contribution in [2.45, 2.75) is 336 Å². The van der Waals surface area contributed by atoms with E-state index in [0.717, 1.165) is 25.7 Å². The molecule has 0 aromatic carbocycles. The number of amides is 3. The van der Waals surface area contributed by atoms with E-state index in [-0.39, 0.29) is 32.5 Å². The van der Waals surface area contributed by atoms with Crippen molar-refractivity contribution in [1.82, 2.24) is 15.1 Å². The molecular formula is C66H125N7O8. The zero-order valence-electron chi connectivity index (χ0n) is 54.4. The molecule has 0 rings (SSSR count). The summed E-state index contributed by atoms with van der Waals surface area (Å²) in [6.07, 6.45) is 46.8. The van der Waals surface area contributed by atoms with E-state index in [2.05, 4.69) is 39.6 Å². The van der Waals surface area contributed by atoms with Crippen LogP contribution in [0.15, 0.2) is 29.4 Å². The maximum absolute atomic E-state index is 14.7. The molecule has 0 saturated carbocycles. The minimum Gasteiger partial charge on any atom is -0.458 e. The van der Waals surface area contributed by atoms with E-state index in [0.29, 0.717) is 45.3 Å². The Balaban J connectivity index is 4.86. The number of hydrogen-bond donors (Lipinski definition) is 2. The van der Waals surface area contributed by atoms with Crippen LogP contribution in [0.1, 0.15) is 308 Å². The number of hydrogen-bond acceptors (Lipinski definition) is 10. The molecule has 3 N–H and O–H groups in total. The molecule has 0 aliphatic rings. The largest absolute Gasteiger partial charge is 0.458 e. The van der Waals surface area contributed by atoms with E-state index < -0.39 is 52.2 Å². The monoisotopic (exact) mass is 1140 g/mol. The fraction of sp³-hybridized carbons (Fsp3) is 0.879. The number of azide groups is 1. The van der Waals surface area contributed by atoms with Gasteiger partial charge >= 0.3 is 24.2 Å². The lowest BCUT2D eigenvalue weighted by Crippen LogP contribution is -2.60. The van der Waals surface area contributed by atoms with Gasteiger partial charge in [-0.1, -0.05) is 158 Å². The highest BCUT2D eigenvalue weighted by Crippen LogP contribution is 2.34. The summed E-state index contributed by atoms with van der Waals surface area (Å²) in [6, 6.07) is 0. The first-order valence-electron chi connectivity index (χ1n) is 32.6. The van der Waals surface area contributed by atoms with Gasteiger partial charge in [0.2, 0.25) is 0 Å². The molecule has 472 valence electrons. The molecule has 0 radical (unpaired) electrons. The second kappa shape index (κ2) is 46.4. The Morgan fingerprint density at radius 2 is 0.802 bits per heavy atom. The van der Waals surface area contributed by atoms with Crippen molar-refractivity contribution in [2.75, 3.05) is 39.3 Å². The number of esters is 1. The van der Waals surface area contributed by atoms with Crippen molar-refractivity contribution >= 4 is 24.2 Å². The number of alkyl carbamates (subject to hydrolysis) is 1. The van der Waals surface area contributed by atoms with Gasteiger partial charge in [-0.25, -0.2) is 19.2 Å². The molecule has 0 aliphatic carbocycles. The van der Waals surface area contributed by atoms with Gasteiger partial charge in [0.25, 0.3) is 0 Å². The van der Waals surface area contributed by atoms with Crippen molar-refractivity contribution in [2.24, 2.45) is 10.8 Å².